The Morgan fingerprint density at radius 3 is 1.43 bits per heavy atom. The van der Waals surface area contributed by atoms with Crippen molar-refractivity contribution < 1.29 is 20.1 Å². The van der Waals surface area contributed by atoms with Crippen LogP contribution >= 0.6 is 0 Å². The van der Waals surface area contributed by atoms with Crippen molar-refractivity contribution in [2.45, 2.75) is 218 Å². The number of carbonyl (C=O) groups excluding carboxylic acids is 1. The molecule has 0 aliphatic rings. The van der Waals surface area contributed by atoms with E-state index in [1.807, 2.05) is 13.0 Å². The summed E-state index contributed by atoms with van der Waals surface area (Å²) >= 11 is 0. The van der Waals surface area contributed by atoms with Gasteiger partial charge in [0.2, 0.25) is 5.91 Å². The second kappa shape index (κ2) is 37.4. The van der Waals surface area contributed by atoms with Gasteiger partial charge in [0.15, 0.2) is 0 Å². The lowest BCUT2D eigenvalue weighted by molar-refractivity contribution is -0.124. The van der Waals surface area contributed by atoms with Gasteiger partial charge in [-0.1, -0.05) is 159 Å². The molecule has 0 spiro atoms. The molecule has 0 saturated heterocycles. The monoisotopic (exact) mass is 662 g/mol. The van der Waals surface area contributed by atoms with E-state index in [1.165, 1.54) is 128 Å². The first-order chi connectivity index (χ1) is 23.1. The third kappa shape index (κ3) is 32.9. The number of rotatable bonds is 36. The number of nitrogens with one attached hydrogen (secondary N) is 1. The number of unbranched alkanes of at least 4 members (excludes halogenated alkanes) is 23. The molecule has 0 aromatic heterocycles. The van der Waals surface area contributed by atoms with Crippen LogP contribution in [0, 0.1) is 0 Å². The van der Waals surface area contributed by atoms with E-state index in [-0.39, 0.29) is 12.5 Å². The average Bonchev–Trinajstić information content (AvgIpc) is 3.07. The van der Waals surface area contributed by atoms with Gasteiger partial charge in [-0.3, -0.25) is 4.79 Å². The Balaban J connectivity index is 3.56. The van der Waals surface area contributed by atoms with Crippen LogP contribution in [0.1, 0.15) is 200 Å². The van der Waals surface area contributed by atoms with E-state index >= 15 is 0 Å². The fourth-order valence-corrected chi connectivity index (χ4v) is 6.12. The second-order valence-electron chi connectivity index (χ2n) is 13.8. The SMILES string of the molecule is C/C=C/CC/C=C/CCCC(O)C(O)C(CO)NC(=O)CCCCCCCCCCC/C=C\CCCCCCCCCCCCCC. The van der Waals surface area contributed by atoms with Crippen molar-refractivity contribution in [3.05, 3.63) is 36.5 Å². The van der Waals surface area contributed by atoms with Gasteiger partial charge in [-0.25, -0.2) is 0 Å². The lowest BCUT2D eigenvalue weighted by Gasteiger charge is -2.26. The van der Waals surface area contributed by atoms with E-state index < -0.39 is 18.2 Å². The van der Waals surface area contributed by atoms with Gasteiger partial charge < -0.3 is 20.6 Å². The molecule has 1 amide bonds. The van der Waals surface area contributed by atoms with Gasteiger partial charge in [-0.05, 0) is 71.1 Å². The molecule has 3 atom stereocenters. The standard InChI is InChI=1S/C42H79NO4/c1-3-5-7-9-11-13-14-15-16-17-18-19-20-21-22-23-24-25-26-27-28-29-31-33-35-37-41(46)43-39(38-44)42(47)40(45)36-34-32-30-12-10-8-6-4-2/h4,6,12,21-22,30,39-40,42,44-45,47H,3,5,7-11,13-20,23-29,31-38H2,1-2H3,(H,43,46)/b6-4+,22-21-,30-12+. The summed E-state index contributed by atoms with van der Waals surface area (Å²) in [5.41, 5.74) is 0. The highest BCUT2D eigenvalue weighted by Crippen LogP contribution is 2.15. The Morgan fingerprint density at radius 2 is 0.957 bits per heavy atom. The van der Waals surface area contributed by atoms with Gasteiger partial charge in [0.25, 0.3) is 0 Å². The first-order valence-electron chi connectivity index (χ1n) is 20.2. The predicted octanol–water partition coefficient (Wildman–Crippen LogP) is 11.2. The summed E-state index contributed by atoms with van der Waals surface area (Å²) in [6.45, 7) is 3.92. The zero-order chi connectivity index (χ0) is 34.5. The Bertz CT molecular complexity index is 734. The lowest BCUT2D eigenvalue weighted by atomic mass is 10.0. The molecule has 0 fully saturated rings. The third-order valence-corrected chi connectivity index (χ3v) is 9.29. The summed E-state index contributed by atoms with van der Waals surface area (Å²) in [7, 11) is 0. The molecule has 0 aromatic rings. The first-order valence-corrected chi connectivity index (χ1v) is 20.2. The minimum Gasteiger partial charge on any atom is -0.394 e. The highest BCUT2D eigenvalue weighted by Gasteiger charge is 2.26. The van der Waals surface area contributed by atoms with Crippen molar-refractivity contribution >= 4 is 5.91 Å². The minimum absolute atomic E-state index is 0.164. The van der Waals surface area contributed by atoms with Gasteiger partial charge >= 0.3 is 0 Å². The Kier molecular flexibility index (Phi) is 36.3. The van der Waals surface area contributed by atoms with Gasteiger partial charge in [-0.15, -0.1) is 0 Å². The summed E-state index contributed by atoms with van der Waals surface area (Å²) in [6, 6.07) is -0.830. The number of allylic oxidation sites excluding steroid dienone is 6. The highest BCUT2D eigenvalue weighted by molar-refractivity contribution is 5.76. The van der Waals surface area contributed by atoms with Crippen molar-refractivity contribution in [1.82, 2.24) is 5.32 Å². The lowest BCUT2D eigenvalue weighted by Crippen LogP contribution is -2.50. The van der Waals surface area contributed by atoms with Crippen LogP contribution < -0.4 is 5.32 Å². The van der Waals surface area contributed by atoms with Gasteiger partial charge in [0.05, 0.1) is 18.8 Å². The largest absolute Gasteiger partial charge is 0.394 e. The minimum atomic E-state index is -1.16. The number of carbonyl (C=O) groups is 1. The molecule has 5 nitrogen and oxygen atoms in total. The van der Waals surface area contributed by atoms with Gasteiger partial charge in [0, 0.05) is 6.42 Å². The summed E-state index contributed by atoms with van der Waals surface area (Å²) < 4.78 is 0. The summed E-state index contributed by atoms with van der Waals surface area (Å²) in [4.78, 5) is 12.3. The van der Waals surface area contributed by atoms with E-state index in [2.05, 4.69) is 42.6 Å². The molecule has 4 N–H and O–H groups in total. The maximum Gasteiger partial charge on any atom is 0.220 e. The van der Waals surface area contributed by atoms with Crippen LogP contribution in [0.15, 0.2) is 36.5 Å². The van der Waals surface area contributed by atoms with E-state index in [9.17, 15) is 20.1 Å². The fraction of sp³-hybridized carbons (Fsp3) is 0.833. The third-order valence-electron chi connectivity index (χ3n) is 9.29. The van der Waals surface area contributed by atoms with Crippen LogP contribution in [0.3, 0.4) is 0 Å². The van der Waals surface area contributed by atoms with Crippen LogP contribution in [-0.2, 0) is 4.79 Å². The van der Waals surface area contributed by atoms with E-state index in [0.717, 1.165) is 44.9 Å². The second-order valence-corrected chi connectivity index (χ2v) is 13.8. The fourth-order valence-electron chi connectivity index (χ4n) is 6.12. The number of hydrogen-bond acceptors (Lipinski definition) is 4. The summed E-state index contributed by atoms with van der Waals surface area (Å²) in [5, 5.41) is 33.2. The molecule has 276 valence electrons. The highest BCUT2D eigenvalue weighted by atomic mass is 16.3. The van der Waals surface area contributed by atoms with Crippen molar-refractivity contribution in [1.29, 1.82) is 0 Å². The predicted molar refractivity (Wildman–Crippen MR) is 204 cm³/mol. The summed E-state index contributed by atoms with van der Waals surface area (Å²) in [6.07, 6.45) is 45.7. The molecule has 0 aliphatic carbocycles. The Morgan fingerprint density at radius 1 is 0.553 bits per heavy atom. The van der Waals surface area contributed by atoms with Crippen LogP contribution in [0.2, 0.25) is 0 Å². The Labute approximate surface area is 292 Å². The van der Waals surface area contributed by atoms with Crippen molar-refractivity contribution in [3.8, 4) is 0 Å². The molecule has 0 rings (SSSR count). The zero-order valence-electron chi connectivity index (χ0n) is 31.2. The molecule has 0 radical (unpaired) electrons. The van der Waals surface area contributed by atoms with Crippen molar-refractivity contribution in [2.75, 3.05) is 6.61 Å². The first kappa shape index (κ1) is 45.6. The molecule has 0 bridgehead atoms. The summed E-state index contributed by atoms with van der Waals surface area (Å²) in [5.74, 6) is -0.164. The number of aliphatic hydroxyl groups excluding tert-OH is 3. The molecule has 0 aliphatic heterocycles. The molecule has 0 aromatic carbocycles. The quantitative estimate of drug-likeness (QED) is 0.0397. The molecular formula is C42H79NO4. The molecule has 0 saturated carbocycles. The number of aliphatic hydroxyl groups is 3. The van der Waals surface area contributed by atoms with Gasteiger partial charge in [-0.2, -0.15) is 0 Å². The normalized spacial score (nSPS) is 14.1. The smallest absolute Gasteiger partial charge is 0.220 e. The average molecular weight is 662 g/mol. The molecule has 5 heteroatoms. The van der Waals surface area contributed by atoms with E-state index in [0.29, 0.717) is 12.8 Å². The van der Waals surface area contributed by atoms with Crippen LogP contribution in [0.25, 0.3) is 0 Å². The Hall–Kier alpha value is -1.43. The van der Waals surface area contributed by atoms with E-state index in [4.69, 9.17) is 0 Å². The molecule has 3 unspecified atom stereocenters. The molecular weight excluding hydrogens is 582 g/mol. The molecule has 47 heavy (non-hydrogen) atoms. The van der Waals surface area contributed by atoms with Crippen LogP contribution in [0.4, 0.5) is 0 Å². The topological polar surface area (TPSA) is 89.8 Å². The number of hydrogen-bond donors (Lipinski definition) is 4. The van der Waals surface area contributed by atoms with Gasteiger partial charge in [0.1, 0.15) is 6.10 Å². The van der Waals surface area contributed by atoms with Crippen molar-refractivity contribution in [3.63, 3.8) is 0 Å². The number of amides is 1. The van der Waals surface area contributed by atoms with Crippen LogP contribution in [0.5, 0.6) is 0 Å². The maximum atomic E-state index is 12.3. The molecule has 0 heterocycles. The van der Waals surface area contributed by atoms with E-state index in [1.54, 1.807) is 0 Å². The van der Waals surface area contributed by atoms with Crippen molar-refractivity contribution in [2.24, 2.45) is 0 Å². The zero-order valence-corrected chi connectivity index (χ0v) is 31.2. The van der Waals surface area contributed by atoms with Crippen LogP contribution in [-0.4, -0.2) is 46.1 Å². The maximum absolute atomic E-state index is 12.3.